The third-order valence-corrected chi connectivity index (χ3v) is 7.17. The molecule has 156 valence electrons. The van der Waals surface area contributed by atoms with E-state index in [4.69, 9.17) is 0 Å². The van der Waals surface area contributed by atoms with Gasteiger partial charge in [-0.15, -0.1) is 0 Å². The highest BCUT2D eigenvalue weighted by atomic mass is 32.2. The molecule has 0 heterocycles. The summed E-state index contributed by atoms with van der Waals surface area (Å²) in [6.45, 7) is 0. The Bertz CT molecular complexity index is 889. The van der Waals surface area contributed by atoms with Crippen LogP contribution in [0.15, 0.2) is 59.5 Å². The first-order valence-electron chi connectivity index (χ1n) is 10.4. The molecule has 0 aromatic heterocycles. The standard InChI is InChI=1S/C23H30N2O3S/c1-24-29(27,28)21-15-12-18(13-16-21)14-17-22(26)25-23(19-8-4-2-5-9-19)20-10-6-3-7-11-20/h2,4-5,8-9,12-13,15-16,20,23-24H,3,6-7,10-11,14,17H2,1H3,(H,25,26)/t23-/m0/s1. The van der Waals surface area contributed by atoms with Crippen molar-refractivity contribution in [2.75, 3.05) is 7.05 Å². The molecule has 0 aliphatic heterocycles. The minimum Gasteiger partial charge on any atom is -0.349 e. The SMILES string of the molecule is CNS(=O)(=O)c1ccc(CCC(=O)N[C@@H](c2ccccc2)C2CCCCC2)cc1. The third kappa shape index (κ3) is 5.90. The Labute approximate surface area is 174 Å². The van der Waals surface area contributed by atoms with Crippen molar-refractivity contribution in [3.8, 4) is 0 Å². The fourth-order valence-electron chi connectivity index (χ4n) is 4.06. The van der Waals surface area contributed by atoms with Gasteiger partial charge in [0.05, 0.1) is 10.9 Å². The highest BCUT2D eigenvalue weighted by Gasteiger charge is 2.26. The van der Waals surface area contributed by atoms with Crippen molar-refractivity contribution in [1.29, 1.82) is 0 Å². The van der Waals surface area contributed by atoms with Crippen molar-refractivity contribution in [1.82, 2.24) is 10.0 Å². The van der Waals surface area contributed by atoms with E-state index in [0.717, 1.165) is 18.4 Å². The number of hydrogen-bond acceptors (Lipinski definition) is 3. The van der Waals surface area contributed by atoms with E-state index in [1.54, 1.807) is 24.3 Å². The van der Waals surface area contributed by atoms with E-state index in [1.165, 1.54) is 31.9 Å². The average molecular weight is 415 g/mol. The number of carbonyl (C=O) groups is 1. The minimum atomic E-state index is -3.43. The molecule has 3 rings (SSSR count). The summed E-state index contributed by atoms with van der Waals surface area (Å²) in [5, 5.41) is 3.27. The second-order valence-electron chi connectivity index (χ2n) is 7.71. The van der Waals surface area contributed by atoms with Crippen LogP contribution in [0, 0.1) is 5.92 Å². The molecule has 0 unspecified atom stereocenters. The molecule has 0 saturated heterocycles. The summed E-state index contributed by atoms with van der Waals surface area (Å²) >= 11 is 0. The van der Waals surface area contributed by atoms with Crippen LogP contribution in [0.1, 0.15) is 55.7 Å². The van der Waals surface area contributed by atoms with Gasteiger partial charge in [0, 0.05) is 6.42 Å². The van der Waals surface area contributed by atoms with Gasteiger partial charge in [0.1, 0.15) is 0 Å². The van der Waals surface area contributed by atoms with Gasteiger partial charge in [-0.25, -0.2) is 13.1 Å². The van der Waals surface area contributed by atoms with E-state index in [9.17, 15) is 13.2 Å². The van der Waals surface area contributed by atoms with Crippen LogP contribution in [0.2, 0.25) is 0 Å². The highest BCUT2D eigenvalue weighted by Crippen LogP contribution is 2.34. The van der Waals surface area contributed by atoms with E-state index in [-0.39, 0.29) is 16.8 Å². The van der Waals surface area contributed by atoms with Crippen LogP contribution in [-0.2, 0) is 21.2 Å². The molecule has 2 N–H and O–H groups in total. The van der Waals surface area contributed by atoms with E-state index < -0.39 is 10.0 Å². The molecule has 2 aromatic carbocycles. The van der Waals surface area contributed by atoms with Gasteiger partial charge >= 0.3 is 0 Å². The lowest BCUT2D eigenvalue weighted by Crippen LogP contribution is -2.34. The van der Waals surface area contributed by atoms with E-state index in [2.05, 4.69) is 22.2 Å². The molecule has 0 spiro atoms. The quantitative estimate of drug-likeness (QED) is 0.686. The first-order valence-corrected chi connectivity index (χ1v) is 11.8. The minimum absolute atomic E-state index is 0.0383. The molecule has 1 aliphatic rings. The van der Waals surface area contributed by atoms with Gasteiger partial charge < -0.3 is 5.32 Å². The monoisotopic (exact) mass is 414 g/mol. The van der Waals surface area contributed by atoms with Crippen LogP contribution in [-0.4, -0.2) is 21.4 Å². The predicted molar refractivity (Wildman–Crippen MR) is 115 cm³/mol. The topological polar surface area (TPSA) is 75.3 Å². The Balaban J connectivity index is 1.61. The molecule has 6 heteroatoms. The van der Waals surface area contributed by atoms with Gasteiger partial charge in [0.2, 0.25) is 15.9 Å². The maximum Gasteiger partial charge on any atom is 0.240 e. The number of sulfonamides is 1. The predicted octanol–water partition coefficient (Wildman–Crippen LogP) is 3.97. The number of carbonyl (C=O) groups excluding carboxylic acids is 1. The van der Waals surface area contributed by atoms with Gasteiger partial charge in [-0.05, 0) is 55.5 Å². The number of hydrogen-bond donors (Lipinski definition) is 2. The largest absolute Gasteiger partial charge is 0.349 e. The summed E-state index contributed by atoms with van der Waals surface area (Å²) in [4.78, 5) is 12.9. The Kier molecular flexibility index (Phi) is 7.45. The summed E-state index contributed by atoms with van der Waals surface area (Å²) in [6.07, 6.45) is 7.01. The second kappa shape index (κ2) is 10.0. The molecule has 1 fully saturated rings. The fourth-order valence-corrected chi connectivity index (χ4v) is 4.79. The molecular weight excluding hydrogens is 384 g/mol. The lowest BCUT2D eigenvalue weighted by atomic mass is 9.81. The Morgan fingerprint density at radius 3 is 2.28 bits per heavy atom. The van der Waals surface area contributed by atoms with Crippen LogP contribution in [0.4, 0.5) is 0 Å². The molecule has 1 aliphatic carbocycles. The number of benzene rings is 2. The smallest absolute Gasteiger partial charge is 0.240 e. The lowest BCUT2D eigenvalue weighted by molar-refractivity contribution is -0.122. The van der Waals surface area contributed by atoms with Crippen molar-refractivity contribution >= 4 is 15.9 Å². The fraction of sp³-hybridized carbons (Fsp3) is 0.435. The van der Waals surface area contributed by atoms with Crippen LogP contribution in [0.25, 0.3) is 0 Å². The third-order valence-electron chi connectivity index (χ3n) is 5.74. The normalized spacial score (nSPS) is 16.3. The second-order valence-corrected chi connectivity index (χ2v) is 9.59. The van der Waals surface area contributed by atoms with Crippen molar-refractivity contribution in [2.45, 2.75) is 55.9 Å². The molecule has 1 atom stereocenters. The maximum absolute atomic E-state index is 12.7. The van der Waals surface area contributed by atoms with E-state index in [0.29, 0.717) is 18.8 Å². The molecule has 29 heavy (non-hydrogen) atoms. The zero-order valence-electron chi connectivity index (χ0n) is 16.9. The van der Waals surface area contributed by atoms with Crippen LogP contribution < -0.4 is 10.0 Å². The van der Waals surface area contributed by atoms with Gasteiger partial charge in [0.15, 0.2) is 0 Å². The van der Waals surface area contributed by atoms with Gasteiger partial charge in [0.25, 0.3) is 0 Å². The number of aryl methyl sites for hydroxylation is 1. The molecular formula is C23H30N2O3S. The molecule has 2 aromatic rings. The van der Waals surface area contributed by atoms with Gasteiger partial charge in [-0.1, -0.05) is 61.7 Å². The van der Waals surface area contributed by atoms with Crippen molar-refractivity contribution < 1.29 is 13.2 Å². The molecule has 1 amide bonds. The Morgan fingerprint density at radius 1 is 1.00 bits per heavy atom. The summed E-state index contributed by atoms with van der Waals surface area (Å²) in [5.41, 5.74) is 2.12. The Morgan fingerprint density at radius 2 is 1.66 bits per heavy atom. The van der Waals surface area contributed by atoms with Crippen LogP contribution in [0.5, 0.6) is 0 Å². The van der Waals surface area contributed by atoms with Gasteiger partial charge in [-0.2, -0.15) is 0 Å². The zero-order chi connectivity index (χ0) is 20.7. The van der Waals surface area contributed by atoms with Crippen molar-refractivity contribution in [3.05, 3.63) is 65.7 Å². The van der Waals surface area contributed by atoms with Crippen LogP contribution >= 0.6 is 0 Å². The van der Waals surface area contributed by atoms with Gasteiger partial charge in [-0.3, -0.25) is 4.79 Å². The first kappa shape index (κ1) is 21.5. The van der Waals surface area contributed by atoms with Crippen LogP contribution in [0.3, 0.4) is 0 Å². The van der Waals surface area contributed by atoms with E-state index in [1.807, 2.05) is 18.2 Å². The summed E-state index contributed by atoms with van der Waals surface area (Å²) in [6, 6.07) is 17.0. The average Bonchev–Trinajstić information content (AvgIpc) is 2.77. The summed E-state index contributed by atoms with van der Waals surface area (Å²) in [7, 11) is -2.04. The molecule has 1 saturated carbocycles. The first-order chi connectivity index (χ1) is 14.0. The zero-order valence-corrected chi connectivity index (χ0v) is 17.8. The lowest BCUT2D eigenvalue weighted by Gasteiger charge is -2.31. The molecule has 0 bridgehead atoms. The maximum atomic E-state index is 12.7. The van der Waals surface area contributed by atoms with Crippen molar-refractivity contribution in [3.63, 3.8) is 0 Å². The number of rotatable bonds is 8. The number of amides is 1. The number of nitrogens with one attached hydrogen (secondary N) is 2. The summed E-state index contributed by atoms with van der Waals surface area (Å²) < 4.78 is 25.9. The summed E-state index contributed by atoms with van der Waals surface area (Å²) in [5.74, 6) is 0.525. The van der Waals surface area contributed by atoms with E-state index >= 15 is 0 Å². The highest BCUT2D eigenvalue weighted by molar-refractivity contribution is 7.89. The van der Waals surface area contributed by atoms with Crippen molar-refractivity contribution in [2.24, 2.45) is 5.92 Å². The Hall–Kier alpha value is -2.18. The molecule has 5 nitrogen and oxygen atoms in total. The molecule has 0 radical (unpaired) electrons.